The van der Waals surface area contributed by atoms with Crippen LogP contribution in [0.15, 0.2) is 54.6 Å². The summed E-state index contributed by atoms with van der Waals surface area (Å²) in [6.07, 6.45) is 0. The normalized spacial score (nSPS) is 12.4. The molecule has 4 rings (SSSR count). The average molecular weight is 398 g/mol. The first-order valence-corrected chi connectivity index (χ1v) is 8.53. The van der Waals surface area contributed by atoms with E-state index in [1.165, 1.54) is 24.3 Å². The van der Waals surface area contributed by atoms with Crippen molar-refractivity contribution in [2.75, 3.05) is 5.32 Å². The number of anilines is 1. The molecule has 138 valence electrons. The third-order valence-corrected chi connectivity index (χ3v) is 4.77. The number of halogens is 3. The van der Waals surface area contributed by atoms with Crippen molar-refractivity contribution in [3.05, 3.63) is 99.1 Å². The number of hydrogen-bond acceptors (Lipinski definition) is 3. The number of hydrogen-bond donors (Lipinski definition) is 1. The van der Waals surface area contributed by atoms with Crippen molar-refractivity contribution in [1.82, 2.24) is 0 Å². The van der Waals surface area contributed by atoms with Crippen LogP contribution in [0.2, 0.25) is 5.02 Å². The summed E-state index contributed by atoms with van der Waals surface area (Å²) in [5.74, 6) is -4.01. The van der Waals surface area contributed by atoms with Crippen LogP contribution in [0, 0.1) is 11.6 Å². The highest BCUT2D eigenvalue weighted by atomic mass is 35.5. The Morgan fingerprint density at radius 3 is 2.14 bits per heavy atom. The first kappa shape index (κ1) is 18.0. The Morgan fingerprint density at radius 1 is 0.821 bits per heavy atom. The number of carbonyl (C=O) groups excluding carboxylic acids is 3. The maximum atomic E-state index is 13.5. The highest BCUT2D eigenvalue weighted by molar-refractivity contribution is 6.35. The lowest BCUT2D eigenvalue weighted by Gasteiger charge is -2.20. The summed E-state index contributed by atoms with van der Waals surface area (Å²) in [5.41, 5.74) is 0.486. The third kappa shape index (κ3) is 2.78. The lowest BCUT2D eigenvalue weighted by atomic mass is 9.83. The van der Waals surface area contributed by atoms with Gasteiger partial charge >= 0.3 is 0 Å². The summed E-state index contributed by atoms with van der Waals surface area (Å²) in [6.45, 7) is 0. The molecule has 28 heavy (non-hydrogen) atoms. The van der Waals surface area contributed by atoms with Gasteiger partial charge in [-0.25, -0.2) is 8.78 Å². The van der Waals surface area contributed by atoms with Gasteiger partial charge in [0.25, 0.3) is 5.91 Å². The Bertz CT molecular complexity index is 1190. The summed E-state index contributed by atoms with van der Waals surface area (Å²) in [5, 5.41) is 2.19. The van der Waals surface area contributed by atoms with Crippen LogP contribution in [0.25, 0.3) is 0 Å². The monoisotopic (exact) mass is 397 g/mol. The van der Waals surface area contributed by atoms with Gasteiger partial charge in [-0.3, -0.25) is 14.4 Å². The minimum absolute atomic E-state index is 0.0401. The smallest absolute Gasteiger partial charge is 0.257 e. The topological polar surface area (TPSA) is 63.2 Å². The van der Waals surface area contributed by atoms with Crippen molar-refractivity contribution >= 4 is 34.8 Å². The van der Waals surface area contributed by atoms with Crippen LogP contribution in [0.1, 0.15) is 42.2 Å². The summed E-state index contributed by atoms with van der Waals surface area (Å²) in [4.78, 5) is 38.2. The molecule has 0 atom stereocenters. The first-order valence-electron chi connectivity index (χ1n) is 8.16. The fourth-order valence-corrected chi connectivity index (χ4v) is 3.37. The molecule has 0 heterocycles. The number of benzene rings is 3. The van der Waals surface area contributed by atoms with Gasteiger partial charge in [-0.15, -0.1) is 0 Å². The molecule has 0 saturated carbocycles. The molecule has 0 saturated heterocycles. The van der Waals surface area contributed by atoms with Gasteiger partial charge in [0.05, 0.1) is 21.8 Å². The van der Waals surface area contributed by atoms with Crippen molar-refractivity contribution in [3.63, 3.8) is 0 Å². The number of fused-ring (bicyclic) bond motifs is 2. The molecule has 1 amide bonds. The molecular formula is C21H10ClF2NO3. The molecule has 0 radical (unpaired) electrons. The highest BCUT2D eigenvalue weighted by Gasteiger charge is 2.31. The molecule has 0 spiro atoms. The second-order valence-corrected chi connectivity index (χ2v) is 6.54. The minimum Gasteiger partial charge on any atom is -0.321 e. The SMILES string of the molecule is O=C(Nc1cccc2c1C(=O)c1ccccc1C2=O)c1cc(F)c(F)cc1Cl. The molecule has 7 heteroatoms. The molecule has 0 fully saturated rings. The van der Waals surface area contributed by atoms with E-state index in [9.17, 15) is 23.2 Å². The van der Waals surface area contributed by atoms with Crippen LogP contribution >= 0.6 is 11.6 Å². The third-order valence-electron chi connectivity index (χ3n) is 4.46. The number of rotatable bonds is 2. The standard InChI is InChI=1S/C21H10ClF2NO3/c22-14-9-16(24)15(23)8-13(14)21(28)25-17-7-3-6-12-18(17)20(27)11-5-2-1-4-10(11)19(12)26/h1-9H,(H,25,28). The van der Waals surface area contributed by atoms with E-state index in [0.717, 1.165) is 0 Å². The summed E-state index contributed by atoms with van der Waals surface area (Å²) in [6, 6.07) is 12.2. The van der Waals surface area contributed by atoms with Gasteiger partial charge in [0.1, 0.15) is 0 Å². The predicted octanol–water partition coefficient (Wildman–Crippen LogP) is 4.65. The molecule has 0 bridgehead atoms. The van der Waals surface area contributed by atoms with Gasteiger partial charge in [-0.2, -0.15) is 0 Å². The zero-order valence-electron chi connectivity index (χ0n) is 14.1. The second kappa shape index (κ2) is 6.65. The first-order chi connectivity index (χ1) is 13.4. The van der Waals surface area contributed by atoms with Gasteiger partial charge in [0.15, 0.2) is 23.2 Å². The van der Waals surface area contributed by atoms with Gasteiger partial charge < -0.3 is 5.32 Å². The Kier molecular flexibility index (Phi) is 4.28. The predicted molar refractivity (Wildman–Crippen MR) is 99.1 cm³/mol. The molecule has 1 aliphatic rings. The van der Waals surface area contributed by atoms with Crippen LogP contribution in [0.4, 0.5) is 14.5 Å². The lowest BCUT2D eigenvalue weighted by Crippen LogP contribution is -2.24. The van der Waals surface area contributed by atoms with Crippen molar-refractivity contribution in [3.8, 4) is 0 Å². The van der Waals surface area contributed by atoms with Gasteiger partial charge in [0, 0.05) is 16.7 Å². The number of ketones is 2. The summed E-state index contributed by atoms with van der Waals surface area (Å²) >= 11 is 5.84. The van der Waals surface area contributed by atoms with Gasteiger partial charge in [0.2, 0.25) is 0 Å². The van der Waals surface area contributed by atoms with E-state index < -0.39 is 23.3 Å². The Labute approximate surface area is 162 Å². The van der Waals surface area contributed by atoms with E-state index in [2.05, 4.69) is 5.32 Å². The van der Waals surface area contributed by atoms with Crippen LogP contribution in [-0.4, -0.2) is 17.5 Å². The maximum Gasteiger partial charge on any atom is 0.257 e. The molecule has 0 aliphatic heterocycles. The van der Waals surface area contributed by atoms with Crippen molar-refractivity contribution in [1.29, 1.82) is 0 Å². The molecule has 1 aliphatic carbocycles. The zero-order chi connectivity index (χ0) is 20.0. The molecule has 0 aromatic heterocycles. The van der Waals surface area contributed by atoms with E-state index >= 15 is 0 Å². The largest absolute Gasteiger partial charge is 0.321 e. The van der Waals surface area contributed by atoms with E-state index in [1.807, 2.05) is 0 Å². The molecule has 3 aromatic rings. The molecular weight excluding hydrogens is 388 g/mol. The fourth-order valence-electron chi connectivity index (χ4n) is 3.14. The summed E-state index contributed by atoms with van der Waals surface area (Å²) in [7, 11) is 0. The highest BCUT2D eigenvalue weighted by Crippen LogP contribution is 2.32. The second-order valence-electron chi connectivity index (χ2n) is 6.13. The van der Waals surface area contributed by atoms with Crippen molar-refractivity contribution in [2.45, 2.75) is 0 Å². The van der Waals surface area contributed by atoms with E-state index in [4.69, 9.17) is 11.6 Å². The van der Waals surface area contributed by atoms with Crippen LogP contribution < -0.4 is 5.32 Å². The van der Waals surface area contributed by atoms with Crippen LogP contribution in [-0.2, 0) is 0 Å². The molecule has 4 nitrogen and oxygen atoms in total. The maximum absolute atomic E-state index is 13.5. The van der Waals surface area contributed by atoms with Crippen LogP contribution in [0.5, 0.6) is 0 Å². The molecule has 1 N–H and O–H groups in total. The van der Waals surface area contributed by atoms with Crippen LogP contribution in [0.3, 0.4) is 0 Å². The Morgan fingerprint density at radius 2 is 1.43 bits per heavy atom. The number of amides is 1. The minimum atomic E-state index is -1.23. The zero-order valence-corrected chi connectivity index (χ0v) is 14.8. The quantitative estimate of drug-likeness (QED) is 0.501. The van der Waals surface area contributed by atoms with E-state index in [1.54, 1.807) is 18.2 Å². The number of carbonyl (C=O) groups is 3. The van der Waals surface area contributed by atoms with Crippen molar-refractivity contribution in [2.24, 2.45) is 0 Å². The van der Waals surface area contributed by atoms with Gasteiger partial charge in [-0.1, -0.05) is 48.0 Å². The van der Waals surface area contributed by atoms with Crippen molar-refractivity contribution < 1.29 is 23.2 Å². The molecule has 3 aromatic carbocycles. The summed E-state index contributed by atoms with van der Waals surface area (Å²) < 4.78 is 26.7. The lowest BCUT2D eigenvalue weighted by molar-refractivity contribution is 0.0978. The number of nitrogens with one attached hydrogen (secondary N) is 1. The van der Waals surface area contributed by atoms with E-state index in [0.29, 0.717) is 12.1 Å². The molecule has 0 unspecified atom stereocenters. The van der Waals surface area contributed by atoms with Gasteiger partial charge in [-0.05, 0) is 18.2 Å². The van der Waals surface area contributed by atoms with E-state index in [-0.39, 0.29) is 44.3 Å². The average Bonchev–Trinajstić information content (AvgIpc) is 2.68. The fraction of sp³-hybridized carbons (Fsp3) is 0. The Hall–Kier alpha value is -3.38. The Balaban J connectivity index is 1.78.